The van der Waals surface area contributed by atoms with Gasteiger partial charge in [0, 0.05) is 14.6 Å². The van der Waals surface area contributed by atoms with Crippen molar-refractivity contribution in [3.8, 4) is 0 Å². The average Bonchev–Trinajstić information content (AvgIpc) is 1.96. The van der Waals surface area contributed by atoms with Crippen LogP contribution < -0.4 is 5.73 Å². The molecule has 1 aromatic rings. The molecule has 3 heteroatoms. The molecule has 0 unspecified atom stereocenters. The summed E-state index contributed by atoms with van der Waals surface area (Å²) in [7, 11) is 0. The Kier molecular flexibility index (Phi) is 3.33. The van der Waals surface area contributed by atoms with Gasteiger partial charge in [-0.05, 0) is 52.8 Å². The average molecular weight is 326 g/mol. The van der Waals surface area contributed by atoms with Crippen molar-refractivity contribution >= 4 is 38.5 Å². The van der Waals surface area contributed by atoms with Gasteiger partial charge in [0.2, 0.25) is 0 Å². The Labute approximate surface area is 88.6 Å². The Bertz CT molecular complexity index is 273. The SMILES string of the molecule is Cc1cc(Br)cc(CN)c1I. The fraction of sp³-hybridized carbons (Fsp3) is 0.250. The molecule has 0 aliphatic carbocycles. The summed E-state index contributed by atoms with van der Waals surface area (Å²) in [5.41, 5.74) is 8.05. The summed E-state index contributed by atoms with van der Waals surface area (Å²) >= 11 is 5.75. The molecule has 11 heavy (non-hydrogen) atoms. The molecule has 1 aromatic carbocycles. The standard InChI is InChI=1S/C8H9BrIN/c1-5-2-7(9)3-6(4-11)8(5)10/h2-3H,4,11H2,1H3. The second-order valence-corrected chi connectivity index (χ2v) is 4.39. The lowest BCUT2D eigenvalue weighted by Crippen LogP contribution is -2.00. The predicted molar refractivity (Wildman–Crippen MR) is 59.5 cm³/mol. The van der Waals surface area contributed by atoms with E-state index in [1.165, 1.54) is 14.7 Å². The van der Waals surface area contributed by atoms with Gasteiger partial charge in [0.25, 0.3) is 0 Å². The molecule has 1 nitrogen and oxygen atoms in total. The van der Waals surface area contributed by atoms with Crippen molar-refractivity contribution in [2.75, 3.05) is 0 Å². The summed E-state index contributed by atoms with van der Waals surface area (Å²) in [4.78, 5) is 0. The van der Waals surface area contributed by atoms with Gasteiger partial charge < -0.3 is 5.73 Å². The molecule has 0 heterocycles. The van der Waals surface area contributed by atoms with E-state index >= 15 is 0 Å². The van der Waals surface area contributed by atoms with E-state index in [2.05, 4.69) is 57.6 Å². The predicted octanol–water partition coefficient (Wildman–Crippen LogP) is 2.82. The summed E-state index contributed by atoms with van der Waals surface area (Å²) in [6, 6.07) is 4.16. The fourth-order valence-electron chi connectivity index (χ4n) is 0.943. The first-order valence-electron chi connectivity index (χ1n) is 3.29. The molecule has 0 saturated carbocycles. The van der Waals surface area contributed by atoms with E-state index < -0.39 is 0 Å². The summed E-state index contributed by atoms with van der Waals surface area (Å²) in [6.07, 6.45) is 0. The van der Waals surface area contributed by atoms with Gasteiger partial charge in [-0.1, -0.05) is 15.9 Å². The number of rotatable bonds is 1. The first-order chi connectivity index (χ1) is 5.15. The molecular weight excluding hydrogens is 317 g/mol. The number of halogens is 2. The van der Waals surface area contributed by atoms with Crippen molar-refractivity contribution in [2.24, 2.45) is 5.73 Å². The van der Waals surface area contributed by atoms with Gasteiger partial charge in [0.1, 0.15) is 0 Å². The Morgan fingerprint density at radius 2 is 2.18 bits per heavy atom. The first kappa shape index (κ1) is 9.48. The normalized spacial score (nSPS) is 10.2. The first-order valence-corrected chi connectivity index (χ1v) is 5.17. The van der Waals surface area contributed by atoms with E-state index in [4.69, 9.17) is 5.73 Å². The smallest absolute Gasteiger partial charge is 0.0205 e. The second-order valence-electron chi connectivity index (χ2n) is 2.40. The third kappa shape index (κ3) is 2.16. The van der Waals surface area contributed by atoms with Gasteiger partial charge in [-0.25, -0.2) is 0 Å². The molecule has 2 N–H and O–H groups in total. The molecule has 0 radical (unpaired) electrons. The summed E-state index contributed by atoms with van der Waals surface area (Å²) < 4.78 is 2.38. The van der Waals surface area contributed by atoms with Crippen molar-refractivity contribution in [3.63, 3.8) is 0 Å². The number of hydrogen-bond acceptors (Lipinski definition) is 1. The highest BCUT2D eigenvalue weighted by atomic mass is 127. The monoisotopic (exact) mass is 325 g/mol. The largest absolute Gasteiger partial charge is 0.326 e. The Morgan fingerprint density at radius 1 is 1.55 bits per heavy atom. The molecular formula is C8H9BrIN. The lowest BCUT2D eigenvalue weighted by atomic mass is 10.1. The minimum atomic E-state index is 0.610. The molecule has 0 aromatic heterocycles. The molecule has 0 fully saturated rings. The maximum absolute atomic E-state index is 5.56. The highest BCUT2D eigenvalue weighted by molar-refractivity contribution is 14.1. The zero-order chi connectivity index (χ0) is 8.43. The van der Waals surface area contributed by atoms with Gasteiger partial charge in [0.15, 0.2) is 0 Å². The lowest BCUT2D eigenvalue weighted by molar-refractivity contribution is 1.05. The quantitative estimate of drug-likeness (QED) is 0.789. The Balaban J connectivity index is 3.24. The fourth-order valence-corrected chi connectivity index (χ4v) is 2.09. The van der Waals surface area contributed by atoms with Crippen LogP contribution in [-0.2, 0) is 6.54 Å². The van der Waals surface area contributed by atoms with Crippen molar-refractivity contribution in [2.45, 2.75) is 13.5 Å². The van der Waals surface area contributed by atoms with E-state index in [-0.39, 0.29) is 0 Å². The molecule has 0 atom stereocenters. The van der Waals surface area contributed by atoms with Gasteiger partial charge in [-0.2, -0.15) is 0 Å². The zero-order valence-corrected chi connectivity index (χ0v) is 9.94. The van der Waals surface area contributed by atoms with Crippen LogP contribution >= 0.6 is 38.5 Å². The van der Waals surface area contributed by atoms with Gasteiger partial charge >= 0.3 is 0 Å². The molecule has 0 bridgehead atoms. The molecule has 0 aliphatic rings. The minimum absolute atomic E-state index is 0.610. The highest BCUT2D eigenvalue weighted by Gasteiger charge is 2.01. The molecule has 0 spiro atoms. The van der Waals surface area contributed by atoms with Crippen LogP contribution in [0.5, 0.6) is 0 Å². The van der Waals surface area contributed by atoms with Crippen molar-refractivity contribution < 1.29 is 0 Å². The van der Waals surface area contributed by atoms with Crippen LogP contribution in [0, 0.1) is 10.5 Å². The van der Waals surface area contributed by atoms with Crippen molar-refractivity contribution in [3.05, 3.63) is 31.3 Å². The zero-order valence-electron chi connectivity index (χ0n) is 6.20. The Morgan fingerprint density at radius 3 is 2.73 bits per heavy atom. The topological polar surface area (TPSA) is 26.0 Å². The van der Waals surface area contributed by atoms with Gasteiger partial charge in [-0.3, -0.25) is 0 Å². The Hall–Kier alpha value is 0.390. The summed E-state index contributed by atoms with van der Waals surface area (Å²) in [5, 5.41) is 0. The van der Waals surface area contributed by atoms with Crippen LogP contribution in [0.4, 0.5) is 0 Å². The number of nitrogens with two attached hydrogens (primary N) is 1. The van der Waals surface area contributed by atoms with Crippen LogP contribution in [0.15, 0.2) is 16.6 Å². The molecule has 0 saturated heterocycles. The lowest BCUT2D eigenvalue weighted by Gasteiger charge is -2.05. The van der Waals surface area contributed by atoms with Gasteiger partial charge in [0.05, 0.1) is 0 Å². The van der Waals surface area contributed by atoms with E-state index in [1.54, 1.807) is 0 Å². The number of aryl methyl sites for hydroxylation is 1. The maximum atomic E-state index is 5.56. The molecule has 1 rings (SSSR count). The van der Waals surface area contributed by atoms with E-state index in [0.29, 0.717) is 6.54 Å². The van der Waals surface area contributed by atoms with Crippen molar-refractivity contribution in [1.82, 2.24) is 0 Å². The van der Waals surface area contributed by atoms with Crippen LogP contribution in [-0.4, -0.2) is 0 Å². The van der Waals surface area contributed by atoms with Crippen LogP contribution in [0.25, 0.3) is 0 Å². The molecule has 60 valence electrons. The maximum Gasteiger partial charge on any atom is 0.0205 e. The van der Waals surface area contributed by atoms with Crippen LogP contribution in [0.2, 0.25) is 0 Å². The van der Waals surface area contributed by atoms with E-state index in [0.717, 1.165) is 4.47 Å². The second kappa shape index (κ2) is 3.87. The van der Waals surface area contributed by atoms with E-state index in [1.807, 2.05) is 0 Å². The third-order valence-electron chi connectivity index (χ3n) is 1.51. The summed E-state index contributed by atoms with van der Waals surface area (Å²) in [6.45, 7) is 2.70. The highest BCUT2D eigenvalue weighted by Crippen LogP contribution is 2.22. The summed E-state index contributed by atoms with van der Waals surface area (Å²) in [5.74, 6) is 0. The molecule has 0 amide bonds. The third-order valence-corrected chi connectivity index (χ3v) is 3.52. The number of hydrogen-bond donors (Lipinski definition) is 1. The minimum Gasteiger partial charge on any atom is -0.326 e. The van der Waals surface area contributed by atoms with Crippen LogP contribution in [0.3, 0.4) is 0 Å². The van der Waals surface area contributed by atoms with Crippen LogP contribution in [0.1, 0.15) is 11.1 Å². The van der Waals surface area contributed by atoms with Crippen molar-refractivity contribution in [1.29, 1.82) is 0 Å². The van der Waals surface area contributed by atoms with E-state index in [9.17, 15) is 0 Å². The van der Waals surface area contributed by atoms with Gasteiger partial charge in [-0.15, -0.1) is 0 Å². The number of benzene rings is 1. The molecule has 0 aliphatic heterocycles.